The fourth-order valence-electron chi connectivity index (χ4n) is 3.05. The molecule has 0 aromatic heterocycles. The maximum Gasteiger partial charge on any atom is 0.405 e. The SMILES string of the molecule is Cc1ccccc1CCCCC(N1CC(C)(C)C(=O)N1)C(F)(F)F. The van der Waals surface area contributed by atoms with E-state index in [9.17, 15) is 18.0 Å². The van der Waals surface area contributed by atoms with Crippen LogP contribution in [-0.2, 0) is 11.2 Å². The van der Waals surface area contributed by atoms with Gasteiger partial charge in [-0.1, -0.05) is 30.7 Å². The quantitative estimate of drug-likeness (QED) is 0.792. The molecule has 0 saturated carbocycles. The number of hydrogen-bond donors (Lipinski definition) is 1. The molecule has 1 aliphatic rings. The number of benzene rings is 1. The van der Waals surface area contributed by atoms with Crippen molar-refractivity contribution < 1.29 is 18.0 Å². The second-order valence-corrected chi connectivity index (χ2v) is 7.18. The molecule has 1 aromatic rings. The Morgan fingerprint density at radius 1 is 1.25 bits per heavy atom. The number of nitrogens with one attached hydrogen (secondary N) is 1. The number of carbonyl (C=O) groups excluding carboxylic acids is 1. The number of hydrogen-bond acceptors (Lipinski definition) is 2. The van der Waals surface area contributed by atoms with Crippen molar-refractivity contribution in [2.45, 2.75) is 58.7 Å². The lowest BCUT2D eigenvalue weighted by Gasteiger charge is -2.29. The predicted molar refractivity (Wildman–Crippen MR) is 87.2 cm³/mol. The first-order valence-corrected chi connectivity index (χ1v) is 8.30. The highest BCUT2D eigenvalue weighted by Gasteiger charge is 2.49. The molecule has 0 bridgehead atoms. The van der Waals surface area contributed by atoms with Gasteiger partial charge in [-0.3, -0.25) is 10.2 Å². The monoisotopic (exact) mass is 342 g/mol. The van der Waals surface area contributed by atoms with Gasteiger partial charge in [0, 0.05) is 6.54 Å². The average Bonchev–Trinajstić information content (AvgIpc) is 2.72. The van der Waals surface area contributed by atoms with E-state index in [4.69, 9.17) is 0 Å². The number of carbonyl (C=O) groups is 1. The van der Waals surface area contributed by atoms with Crippen LogP contribution in [-0.4, -0.2) is 29.7 Å². The molecule has 1 heterocycles. The number of unbranched alkanes of at least 4 members (excludes halogenated alkanes) is 1. The second-order valence-electron chi connectivity index (χ2n) is 7.18. The molecule has 0 aliphatic carbocycles. The van der Waals surface area contributed by atoms with Crippen molar-refractivity contribution in [3.8, 4) is 0 Å². The highest BCUT2D eigenvalue weighted by molar-refractivity contribution is 5.83. The molecule has 1 atom stereocenters. The molecular formula is C18H25F3N2O. The van der Waals surface area contributed by atoms with Crippen LogP contribution in [0.3, 0.4) is 0 Å². The van der Waals surface area contributed by atoms with E-state index < -0.39 is 17.6 Å². The van der Waals surface area contributed by atoms with Crippen molar-refractivity contribution in [1.29, 1.82) is 0 Å². The van der Waals surface area contributed by atoms with Crippen LogP contribution in [0.1, 0.15) is 44.2 Å². The zero-order valence-corrected chi connectivity index (χ0v) is 14.4. The number of alkyl halides is 3. The van der Waals surface area contributed by atoms with Crippen molar-refractivity contribution in [1.82, 2.24) is 10.4 Å². The van der Waals surface area contributed by atoms with Crippen molar-refractivity contribution in [2.75, 3.05) is 6.54 Å². The van der Waals surface area contributed by atoms with E-state index in [0.717, 1.165) is 11.4 Å². The lowest BCUT2D eigenvalue weighted by Crippen LogP contribution is -2.49. The van der Waals surface area contributed by atoms with Gasteiger partial charge in [0.2, 0.25) is 5.91 Å². The Morgan fingerprint density at radius 3 is 2.46 bits per heavy atom. The third-order valence-corrected chi connectivity index (χ3v) is 4.61. The highest BCUT2D eigenvalue weighted by atomic mass is 19.4. The van der Waals surface area contributed by atoms with Gasteiger partial charge < -0.3 is 0 Å². The number of halogens is 3. The minimum Gasteiger partial charge on any atom is -0.288 e. The van der Waals surface area contributed by atoms with Gasteiger partial charge in [0.25, 0.3) is 0 Å². The van der Waals surface area contributed by atoms with E-state index >= 15 is 0 Å². The summed E-state index contributed by atoms with van der Waals surface area (Å²) < 4.78 is 40.1. The van der Waals surface area contributed by atoms with Crippen LogP contribution in [0.2, 0.25) is 0 Å². The summed E-state index contributed by atoms with van der Waals surface area (Å²) in [5.74, 6) is -0.350. The second kappa shape index (κ2) is 7.13. The summed E-state index contributed by atoms with van der Waals surface area (Å²) in [5, 5.41) is 1.07. The largest absolute Gasteiger partial charge is 0.405 e. The summed E-state index contributed by atoms with van der Waals surface area (Å²) in [6, 6.07) is 6.30. The van der Waals surface area contributed by atoms with Gasteiger partial charge in [-0.15, -0.1) is 0 Å². The molecule has 134 valence electrons. The third kappa shape index (κ3) is 4.50. The molecule has 1 unspecified atom stereocenters. The van der Waals surface area contributed by atoms with Crippen LogP contribution in [0.25, 0.3) is 0 Å². The molecular weight excluding hydrogens is 317 g/mol. The minimum absolute atomic E-state index is 0.00819. The Morgan fingerprint density at radius 2 is 1.92 bits per heavy atom. The number of aryl methyl sites for hydroxylation is 2. The molecule has 1 N–H and O–H groups in total. The fourth-order valence-corrected chi connectivity index (χ4v) is 3.05. The molecule has 1 fully saturated rings. The number of hydrazine groups is 1. The fraction of sp³-hybridized carbons (Fsp3) is 0.611. The van der Waals surface area contributed by atoms with Crippen LogP contribution >= 0.6 is 0 Å². The summed E-state index contributed by atoms with van der Waals surface area (Å²) in [5.41, 5.74) is 3.95. The van der Waals surface area contributed by atoms with Crippen molar-refractivity contribution in [3.63, 3.8) is 0 Å². The van der Waals surface area contributed by atoms with E-state index in [1.165, 1.54) is 11.1 Å². The van der Waals surface area contributed by atoms with Gasteiger partial charge in [-0.2, -0.15) is 13.2 Å². The van der Waals surface area contributed by atoms with E-state index in [1.54, 1.807) is 13.8 Å². The molecule has 0 spiro atoms. The van der Waals surface area contributed by atoms with Crippen molar-refractivity contribution in [3.05, 3.63) is 35.4 Å². The van der Waals surface area contributed by atoms with Gasteiger partial charge in [-0.05, 0) is 51.2 Å². The molecule has 3 nitrogen and oxygen atoms in total. The van der Waals surface area contributed by atoms with Crippen molar-refractivity contribution in [2.24, 2.45) is 5.41 Å². The summed E-state index contributed by atoms with van der Waals surface area (Å²) in [7, 11) is 0. The first kappa shape index (κ1) is 18.8. The number of amides is 1. The average molecular weight is 342 g/mol. The third-order valence-electron chi connectivity index (χ3n) is 4.61. The molecule has 2 rings (SSSR count). The normalized spacial score (nSPS) is 19.3. The Kier molecular flexibility index (Phi) is 5.58. The lowest BCUT2D eigenvalue weighted by molar-refractivity contribution is -0.190. The molecule has 0 radical (unpaired) electrons. The molecule has 1 aliphatic heterocycles. The molecule has 1 saturated heterocycles. The van der Waals surface area contributed by atoms with Gasteiger partial charge in [-0.25, -0.2) is 5.01 Å². The first-order valence-electron chi connectivity index (χ1n) is 8.30. The smallest absolute Gasteiger partial charge is 0.288 e. The van der Waals surface area contributed by atoms with E-state index in [0.29, 0.717) is 12.8 Å². The Balaban J connectivity index is 1.91. The van der Waals surface area contributed by atoms with Crippen LogP contribution < -0.4 is 5.43 Å². The predicted octanol–water partition coefficient (Wildman–Crippen LogP) is 4.01. The maximum absolute atomic E-state index is 13.4. The van der Waals surface area contributed by atoms with Crippen LogP contribution in [0.15, 0.2) is 24.3 Å². The van der Waals surface area contributed by atoms with Gasteiger partial charge >= 0.3 is 6.18 Å². The Hall–Kier alpha value is -1.56. The first-order chi connectivity index (χ1) is 11.1. The lowest BCUT2D eigenvalue weighted by atomic mass is 9.94. The van der Waals surface area contributed by atoms with Gasteiger partial charge in [0.05, 0.1) is 5.41 Å². The Bertz CT molecular complexity index is 584. The topological polar surface area (TPSA) is 32.3 Å². The Labute approximate surface area is 141 Å². The summed E-state index contributed by atoms with van der Waals surface area (Å²) >= 11 is 0. The van der Waals surface area contributed by atoms with Gasteiger partial charge in [0.1, 0.15) is 6.04 Å². The summed E-state index contributed by atoms with van der Waals surface area (Å²) in [4.78, 5) is 11.8. The maximum atomic E-state index is 13.4. The molecule has 24 heavy (non-hydrogen) atoms. The van der Waals surface area contributed by atoms with Crippen LogP contribution in [0.5, 0.6) is 0 Å². The summed E-state index contributed by atoms with van der Waals surface area (Å²) in [6.45, 7) is 5.41. The van der Waals surface area contributed by atoms with Crippen LogP contribution in [0, 0.1) is 12.3 Å². The van der Waals surface area contributed by atoms with Crippen molar-refractivity contribution >= 4 is 5.91 Å². The van der Waals surface area contributed by atoms with E-state index in [2.05, 4.69) is 5.43 Å². The molecule has 1 amide bonds. The molecule has 6 heteroatoms. The van der Waals surface area contributed by atoms with Gasteiger partial charge in [0.15, 0.2) is 0 Å². The number of rotatable bonds is 6. The highest BCUT2D eigenvalue weighted by Crippen LogP contribution is 2.33. The zero-order valence-electron chi connectivity index (χ0n) is 14.4. The molecule has 1 aromatic carbocycles. The van der Waals surface area contributed by atoms with Crippen LogP contribution in [0.4, 0.5) is 13.2 Å². The van der Waals surface area contributed by atoms with E-state index in [-0.39, 0.29) is 18.9 Å². The minimum atomic E-state index is -4.35. The summed E-state index contributed by atoms with van der Waals surface area (Å²) in [6.07, 6.45) is -2.43. The number of nitrogens with zero attached hydrogens (tertiary/aromatic N) is 1. The standard InChI is InChI=1S/C18H25F3N2O/c1-13-8-4-5-9-14(13)10-6-7-11-15(18(19,20)21)23-12-17(2,3)16(24)22-23/h4-5,8-9,15H,6-7,10-12H2,1-3H3,(H,22,24). The van der Waals surface area contributed by atoms with E-state index in [1.807, 2.05) is 31.2 Å². The zero-order chi connectivity index (χ0) is 18.0.